The molecule has 0 saturated heterocycles. The van der Waals surface area contributed by atoms with Gasteiger partial charge in [-0.05, 0) is 31.2 Å². The summed E-state index contributed by atoms with van der Waals surface area (Å²) in [6.45, 7) is 1.92. The van der Waals surface area contributed by atoms with Gasteiger partial charge in [0.2, 0.25) is 0 Å². The van der Waals surface area contributed by atoms with E-state index >= 15 is 0 Å². The van der Waals surface area contributed by atoms with E-state index in [-0.39, 0.29) is 5.78 Å². The van der Waals surface area contributed by atoms with Crippen LogP contribution >= 0.6 is 0 Å². The molecule has 0 amide bonds. The number of Topliss-reactive ketones (excluding diaryl/α,β-unsaturated/α-hetero) is 1. The first-order valence-electron chi connectivity index (χ1n) is 4.35. The van der Waals surface area contributed by atoms with Gasteiger partial charge >= 0.3 is 0 Å². The normalized spacial score (nSPS) is 9.14. The average Bonchev–Trinajstić information content (AvgIpc) is 2.18. The molecular formula is C11H11NO2. The molecular weight excluding hydrogens is 178 g/mol. The fraction of sp³-hybridized carbons (Fsp3) is 0.273. The molecule has 0 fully saturated rings. The summed E-state index contributed by atoms with van der Waals surface area (Å²) in [4.78, 5) is 10.6. The van der Waals surface area contributed by atoms with Gasteiger partial charge in [0.15, 0.2) is 0 Å². The molecule has 0 heterocycles. The van der Waals surface area contributed by atoms with Crippen molar-refractivity contribution in [3.8, 4) is 11.8 Å². The van der Waals surface area contributed by atoms with E-state index in [1.807, 2.05) is 6.07 Å². The molecule has 0 atom stereocenters. The van der Waals surface area contributed by atoms with Gasteiger partial charge in [-0.25, -0.2) is 0 Å². The Hall–Kier alpha value is -1.82. The Morgan fingerprint density at radius 1 is 1.43 bits per heavy atom. The van der Waals surface area contributed by atoms with Gasteiger partial charge in [-0.1, -0.05) is 0 Å². The van der Waals surface area contributed by atoms with E-state index in [0.29, 0.717) is 24.3 Å². The summed E-state index contributed by atoms with van der Waals surface area (Å²) in [5, 5.41) is 8.54. The summed E-state index contributed by atoms with van der Waals surface area (Å²) in [5.41, 5.74) is 0.601. The van der Waals surface area contributed by atoms with Crippen molar-refractivity contribution in [3.63, 3.8) is 0 Å². The zero-order valence-corrected chi connectivity index (χ0v) is 7.99. The topological polar surface area (TPSA) is 50.1 Å². The summed E-state index contributed by atoms with van der Waals surface area (Å²) in [6.07, 6.45) is 0.417. The molecule has 0 aliphatic rings. The molecule has 0 unspecified atom stereocenters. The van der Waals surface area contributed by atoms with Crippen LogP contribution in [0, 0.1) is 11.3 Å². The van der Waals surface area contributed by atoms with E-state index < -0.39 is 0 Å². The highest BCUT2D eigenvalue weighted by Gasteiger charge is 1.96. The molecule has 0 N–H and O–H groups in total. The highest BCUT2D eigenvalue weighted by Crippen LogP contribution is 2.11. The standard InChI is InChI=1S/C11H11NO2/c1-9(13)6-7-14-11-4-2-10(8-12)3-5-11/h2-5H,6-7H2,1H3. The van der Waals surface area contributed by atoms with Gasteiger partial charge in [-0.2, -0.15) is 5.26 Å². The third kappa shape index (κ3) is 3.28. The van der Waals surface area contributed by atoms with Crippen molar-refractivity contribution in [2.45, 2.75) is 13.3 Å². The van der Waals surface area contributed by atoms with Crippen LogP contribution in [0.4, 0.5) is 0 Å². The molecule has 14 heavy (non-hydrogen) atoms. The molecule has 0 aliphatic carbocycles. The van der Waals surface area contributed by atoms with Gasteiger partial charge < -0.3 is 4.74 Å². The van der Waals surface area contributed by atoms with Gasteiger partial charge in [-0.3, -0.25) is 4.79 Å². The van der Waals surface area contributed by atoms with Gasteiger partial charge in [0.25, 0.3) is 0 Å². The summed E-state index contributed by atoms with van der Waals surface area (Å²) in [7, 11) is 0. The molecule has 0 aromatic heterocycles. The van der Waals surface area contributed by atoms with Crippen LogP contribution in [0.15, 0.2) is 24.3 Å². The number of rotatable bonds is 4. The molecule has 3 heteroatoms. The second-order valence-corrected chi connectivity index (χ2v) is 2.94. The number of carbonyl (C=O) groups excluding carboxylic acids is 1. The highest BCUT2D eigenvalue weighted by atomic mass is 16.5. The van der Waals surface area contributed by atoms with Crippen molar-refractivity contribution in [2.75, 3.05) is 6.61 Å². The van der Waals surface area contributed by atoms with Crippen LogP contribution in [0.25, 0.3) is 0 Å². The van der Waals surface area contributed by atoms with Crippen molar-refractivity contribution >= 4 is 5.78 Å². The van der Waals surface area contributed by atoms with E-state index in [2.05, 4.69) is 0 Å². The Labute approximate surface area is 82.9 Å². The Bertz CT molecular complexity index is 349. The maximum Gasteiger partial charge on any atom is 0.133 e. The molecule has 0 aliphatic heterocycles. The molecule has 72 valence electrons. The fourth-order valence-corrected chi connectivity index (χ4v) is 0.938. The predicted molar refractivity (Wildman–Crippen MR) is 52.0 cm³/mol. The number of ketones is 1. The summed E-state index contributed by atoms with van der Waals surface area (Å²) in [6, 6.07) is 8.83. The minimum absolute atomic E-state index is 0.110. The SMILES string of the molecule is CC(=O)CCOc1ccc(C#N)cc1. The Balaban J connectivity index is 2.45. The van der Waals surface area contributed by atoms with Crippen molar-refractivity contribution in [1.82, 2.24) is 0 Å². The third-order valence-electron chi connectivity index (χ3n) is 1.71. The van der Waals surface area contributed by atoms with Crippen LogP contribution in [0.2, 0.25) is 0 Å². The Morgan fingerprint density at radius 2 is 2.07 bits per heavy atom. The molecule has 3 nitrogen and oxygen atoms in total. The molecule has 0 bridgehead atoms. The molecule has 1 rings (SSSR count). The van der Waals surface area contributed by atoms with Crippen LogP contribution in [0.1, 0.15) is 18.9 Å². The maximum atomic E-state index is 10.6. The number of benzene rings is 1. The number of hydrogen-bond acceptors (Lipinski definition) is 3. The minimum atomic E-state index is 0.110. The smallest absolute Gasteiger partial charge is 0.133 e. The van der Waals surface area contributed by atoms with E-state index in [1.54, 1.807) is 24.3 Å². The van der Waals surface area contributed by atoms with Gasteiger partial charge in [0.1, 0.15) is 11.5 Å². The quantitative estimate of drug-likeness (QED) is 0.727. The van der Waals surface area contributed by atoms with Crippen molar-refractivity contribution in [3.05, 3.63) is 29.8 Å². The van der Waals surface area contributed by atoms with Crippen LogP contribution in [0.5, 0.6) is 5.75 Å². The Kier molecular flexibility index (Phi) is 3.69. The lowest BCUT2D eigenvalue weighted by Gasteiger charge is -2.03. The summed E-state index contributed by atoms with van der Waals surface area (Å²) < 4.78 is 5.29. The maximum absolute atomic E-state index is 10.6. The highest BCUT2D eigenvalue weighted by molar-refractivity contribution is 5.75. The predicted octanol–water partition coefficient (Wildman–Crippen LogP) is 1.92. The summed E-state index contributed by atoms with van der Waals surface area (Å²) >= 11 is 0. The number of hydrogen-bond donors (Lipinski definition) is 0. The average molecular weight is 189 g/mol. The molecule has 0 radical (unpaired) electrons. The molecule has 1 aromatic rings. The first-order valence-corrected chi connectivity index (χ1v) is 4.35. The van der Waals surface area contributed by atoms with Gasteiger partial charge in [0.05, 0.1) is 18.2 Å². The third-order valence-corrected chi connectivity index (χ3v) is 1.71. The lowest BCUT2D eigenvalue weighted by atomic mass is 10.2. The molecule has 0 spiro atoms. The van der Waals surface area contributed by atoms with Gasteiger partial charge in [0, 0.05) is 6.42 Å². The van der Waals surface area contributed by atoms with Gasteiger partial charge in [-0.15, -0.1) is 0 Å². The monoisotopic (exact) mass is 189 g/mol. The van der Waals surface area contributed by atoms with E-state index in [1.165, 1.54) is 6.92 Å². The fourth-order valence-electron chi connectivity index (χ4n) is 0.938. The molecule has 0 saturated carbocycles. The zero-order chi connectivity index (χ0) is 10.4. The zero-order valence-electron chi connectivity index (χ0n) is 7.99. The minimum Gasteiger partial charge on any atom is -0.493 e. The van der Waals surface area contributed by atoms with E-state index in [9.17, 15) is 4.79 Å². The van der Waals surface area contributed by atoms with Crippen LogP contribution in [0.3, 0.4) is 0 Å². The number of nitriles is 1. The first-order chi connectivity index (χ1) is 6.72. The lowest BCUT2D eigenvalue weighted by Crippen LogP contribution is -2.02. The number of carbonyl (C=O) groups is 1. The molecule has 1 aromatic carbocycles. The van der Waals surface area contributed by atoms with Crippen LogP contribution in [-0.2, 0) is 4.79 Å². The van der Waals surface area contributed by atoms with Crippen molar-refractivity contribution in [1.29, 1.82) is 5.26 Å². The largest absolute Gasteiger partial charge is 0.493 e. The lowest BCUT2D eigenvalue weighted by molar-refractivity contribution is -0.117. The second-order valence-electron chi connectivity index (χ2n) is 2.94. The van der Waals surface area contributed by atoms with Crippen LogP contribution < -0.4 is 4.74 Å². The summed E-state index contributed by atoms with van der Waals surface area (Å²) in [5.74, 6) is 0.795. The van der Waals surface area contributed by atoms with E-state index in [0.717, 1.165) is 0 Å². The first kappa shape index (κ1) is 10.3. The van der Waals surface area contributed by atoms with E-state index in [4.69, 9.17) is 10.00 Å². The number of ether oxygens (including phenoxy) is 1. The Morgan fingerprint density at radius 3 is 2.57 bits per heavy atom. The van der Waals surface area contributed by atoms with Crippen molar-refractivity contribution in [2.24, 2.45) is 0 Å². The van der Waals surface area contributed by atoms with Crippen LogP contribution in [-0.4, -0.2) is 12.4 Å². The van der Waals surface area contributed by atoms with Crippen molar-refractivity contribution < 1.29 is 9.53 Å². The second kappa shape index (κ2) is 5.03. The number of nitrogens with zero attached hydrogens (tertiary/aromatic N) is 1.